The van der Waals surface area contributed by atoms with E-state index in [9.17, 15) is 18.0 Å². The topological polar surface area (TPSA) is 51.2 Å². The van der Waals surface area contributed by atoms with E-state index in [4.69, 9.17) is 4.74 Å². The number of thiazole rings is 1. The van der Waals surface area contributed by atoms with Crippen LogP contribution in [0, 0.1) is 5.92 Å². The van der Waals surface area contributed by atoms with Gasteiger partial charge in [-0.3, -0.25) is 4.79 Å². The zero-order valence-corrected chi connectivity index (χ0v) is 13.1. The molecule has 1 aliphatic heterocycles. The van der Waals surface area contributed by atoms with Gasteiger partial charge >= 0.3 is 6.18 Å². The van der Waals surface area contributed by atoms with Gasteiger partial charge in [-0.05, 0) is 25.2 Å². The molecule has 1 aliphatic rings. The van der Waals surface area contributed by atoms with Gasteiger partial charge in [-0.25, -0.2) is 4.98 Å². The average Bonchev–Trinajstić information content (AvgIpc) is 2.95. The molecule has 2 rings (SSSR count). The molecule has 1 aromatic rings. The number of halogens is 3. The van der Waals surface area contributed by atoms with Crippen molar-refractivity contribution in [2.75, 3.05) is 13.2 Å². The van der Waals surface area contributed by atoms with E-state index in [1.807, 2.05) is 6.92 Å². The largest absolute Gasteiger partial charge is 0.434 e. The molecule has 1 N–H and O–H groups in total. The highest BCUT2D eigenvalue weighted by Crippen LogP contribution is 2.32. The number of carbonyl (C=O) groups is 1. The number of hydrogen-bond acceptors (Lipinski definition) is 4. The van der Waals surface area contributed by atoms with Crippen LogP contribution in [0.2, 0.25) is 0 Å². The summed E-state index contributed by atoms with van der Waals surface area (Å²) < 4.78 is 43.0. The van der Waals surface area contributed by atoms with Crippen molar-refractivity contribution in [3.05, 3.63) is 16.1 Å². The maximum atomic E-state index is 12.6. The van der Waals surface area contributed by atoms with Crippen LogP contribution in [0.1, 0.15) is 49.4 Å². The smallest absolute Gasteiger partial charge is 0.381 e. The summed E-state index contributed by atoms with van der Waals surface area (Å²) in [5, 5.41) is 4.09. The molecule has 1 fully saturated rings. The van der Waals surface area contributed by atoms with Crippen molar-refractivity contribution in [1.29, 1.82) is 0 Å². The van der Waals surface area contributed by atoms with Gasteiger partial charge in [0, 0.05) is 25.0 Å². The van der Waals surface area contributed by atoms with Gasteiger partial charge in [0.25, 0.3) is 0 Å². The van der Waals surface area contributed by atoms with Gasteiger partial charge in [0.05, 0.1) is 6.04 Å². The Bertz CT molecular complexity index is 499. The van der Waals surface area contributed by atoms with Crippen molar-refractivity contribution in [2.45, 2.75) is 44.8 Å². The van der Waals surface area contributed by atoms with Crippen LogP contribution in [0.5, 0.6) is 0 Å². The fourth-order valence-corrected chi connectivity index (χ4v) is 3.34. The molecule has 124 valence electrons. The molecule has 4 nitrogen and oxygen atoms in total. The first kappa shape index (κ1) is 17.2. The van der Waals surface area contributed by atoms with Gasteiger partial charge in [0.1, 0.15) is 5.01 Å². The molecule has 0 spiro atoms. The number of hydrogen-bond donors (Lipinski definition) is 1. The summed E-state index contributed by atoms with van der Waals surface area (Å²) in [6.45, 7) is 3.14. The number of nitrogens with zero attached hydrogens (tertiary/aromatic N) is 1. The van der Waals surface area contributed by atoms with Gasteiger partial charge in [0.15, 0.2) is 5.69 Å². The number of carbonyl (C=O) groups excluding carboxylic acids is 1. The number of amides is 1. The van der Waals surface area contributed by atoms with E-state index in [0.717, 1.165) is 29.6 Å². The highest BCUT2D eigenvalue weighted by atomic mass is 32.1. The van der Waals surface area contributed by atoms with Gasteiger partial charge in [-0.1, -0.05) is 6.92 Å². The summed E-state index contributed by atoms with van der Waals surface area (Å²) in [6.07, 6.45) is -1.86. The van der Waals surface area contributed by atoms with Crippen molar-refractivity contribution in [2.24, 2.45) is 5.92 Å². The molecule has 1 aromatic heterocycles. The van der Waals surface area contributed by atoms with Crippen molar-refractivity contribution in [1.82, 2.24) is 10.3 Å². The van der Waals surface area contributed by atoms with Gasteiger partial charge in [-0.15, -0.1) is 11.3 Å². The first-order valence-corrected chi connectivity index (χ1v) is 8.17. The Balaban J connectivity index is 1.93. The van der Waals surface area contributed by atoms with Gasteiger partial charge < -0.3 is 10.1 Å². The van der Waals surface area contributed by atoms with Crippen LogP contribution in [0.25, 0.3) is 0 Å². The lowest BCUT2D eigenvalue weighted by Crippen LogP contribution is -2.31. The molecule has 0 saturated carbocycles. The minimum absolute atomic E-state index is 0.137. The normalized spacial score (nSPS) is 18.2. The lowest BCUT2D eigenvalue weighted by atomic mass is 9.96. The highest BCUT2D eigenvalue weighted by Gasteiger charge is 2.34. The Hall–Kier alpha value is -1.15. The van der Waals surface area contributed by atoms with Crippen LogP contribution in [0.4, 0.5) is 13.2 Å². The zero-order valence-electron chi connectivity index (χ0n) is 12.3. The van der Waals surface area contributed by atoms with Crippen LogP contribution in [-0.4, -0.2) is 24.1 Å². The lowest BCUT2D eigenvalue weighted by Gasteiger charge is -2.22. The number of aromatic nitrogens is 1. The molecule has 1 unspecified atom stereocenters. The Morgan fingerprint density at radius 1 is 1.50 bits per heavy atom. The van der Waals surface area contributed by atoms with Crippen molar-refractivity contribution >= 4 is 17.2 Å². The summed E-state index contributed by atoms with van der Waals surface area (Å²) in [5.41, 5.74) is -0.898. The van der Waals surface area contributed by atoms with E-state index in [0.29, 0.717) is 31.1 Å². The van der Waals surface area contributed by atoms with Crippen LogP contribution >= 0.6 is 11.3 Å². The zero-order chi connectivity index (χ0) is 16.2. The van der Waals surface area contributed by atoms with Crippen LogP contribution in [0.15, 0.2) is 5.38 Å². The molecule has 8 heteroatoms. The van der Waals surface area contributed by atoms with Crippen LogP contribution in [0.3, 0.4) is 0 Å². The standard InChI is InChI=1S/C14H19F3N2O2S/c1-2-10(13-19-11(8-22-13)14(15,16)17)18-12(20)7-9-3-5-21-6-4-9/h8-10H,2-7H2,1H3,(H,18,20). The summed E-state index contributed by atoms with van der Waals surface area (Å²) in [4.78, 5) is 15.7. The summed E-state index contributed by atoms with van der Waals surface area (Å²) >= 11 is 0.931. The molecule has 1 amide bonds. The summed E-state index contributed by atoms with van der Waals surface area (Å²) in [6, 6.07) is -0.464. The van der Waals surface area contributed by atoms with Gasteiger partial charge in [-0.2, -0.15) is 13.2 Å². The molecule has 22 heavy (non-hydrogen) atoms. The van der Waals surface area contributed by atoms with Crippen molar-refractivity contribution in [3.63, 3.8) is 0 Å². The molecular formula is C14H19F3N2O2S. The SMILES string of the molecule is CCC(NC(=O)CC1CCOCC1)c1nc(C(F)(F)F)cs1. The molecule has 1 saturated heterocycles. The third kappa shape index (κ3) is 4.67. The molecule has 0 bridgehead atoms. The fourth-order valence-electron chi connectivity index (χ4n) is 2.38. The van der Waals surface area contributed by atoms with Crippen LogP contribution in [-0.2, 0) is 15.7 Å². The molecule has 0 radical (unpaired) electrons. The van der Waals surface area contributed by atoms with E-state index < -0.39 is 17.9 Å². The number of rotatable bonds is 5. The van der Waals surface area contributed by atoms with E-state index >= 15 is 0 Å². The number of ether oxygens (including phenoxy) is 1. The Kier molecular flexibility index (Phi) is 5.80. The second-order valence-corrected chi connectivity index (χ2v) is 6.25. The Morgan fingerprint density at radius 3 is 2.73 bits per heavy atom. The average molecular weight is 336 g/mol. The lowest BCUT2D eigenvalue weighted by molar-refractivity contribution is -0.140. The fraction of sp³-hybridized carbons (Fsp3) is 0.714. The second-order valence-electron chi connectivity index (χ2n) is 5.36. The molecular weight excluding hydrogens is 317 g/mol. The molecule has 0 aliphatic carbocycles. The summed E-state index contributed by atoms with van der Waals surface area (Å²) in [5.74, 6) is 0.149. The highest BCUT2D eigenvalue weighted by molar-refractivity contribution is 7.09. The third-order valence-electron chi connectivity index (χ3n) is 3.67. The van der Waals surface area contributed by atoms with E-state index in [-0.39, 0.29) is 11.8 Å². The quantitative estimate of drug-likeness (QED) is 0.895. The molecule has 2 heterocycles. The number of nitrogens with one attached hydrogen (secondary N) is 1. The Morgan fingerprint density at radius 2 is 2.18 bits per heavy atom. The van der Waals surface area contributed by atoms with Crippen LogP contribution < -0.4 is 5.32 Å². The minimum atomic E-state index is -4.45. The van der Waals surface area contributed by atoms with Gasteiger partial charge in [0.2, 0.25) is 5.91 Å². The predicted octanol–water partition coefficient (Wildman–Crippen LogP) is 3.55. The maximum Gasteiger partial charge on any atom is 0.434 e. The monoisotopic (exact) mass is 336 g/mol. The predicted molar refractivity (Wildman–Crippen MR) is 76.5 cm³/mol. The van der Waals surface area contributed by atoms with E-state index in [1.165, 1.54) is 0 Å². The second kappa shape index (κ2) is 7.41. The first-order chi connectivity index (χ1) is 10.4. The van der Waals surface area contributed by atoms with E-state index in [2.05, 4.69) is 10.3 Å². The molecule has 0 aromatic carbocycles. The maximum absolute atomic E-state index is 12.6. The first-order valence-electron chi connectivity index (χ1n) is 7.30. The van der Waals surface area contributed by atoms with Crippen molar-refractivity contribution in [3.8, 4) is 0 Å². The van der Waals surface area contributed by atoms with Crippen molar-refractivity contribution < 1.29 is 22.7 Å². The molecule has 1 atom stereocenters. The third-order valence-corrected chi connectivity index (χ3v) is 4.63. The van der Waals surface area contributed by atoms with E-state index in [1.54, 1.807) is 0 Å². The minimum Gasteiger partial charge on any atom is -0.381 e. The Labute approximate surface area is 131 Å². The number of alkyl halides is 3. The summed E-state index contributed by atoms with van der Waals surface area (Å²) in [7, 11) is 0.